The molecule has 0 aliphatic rings. The summed E-state index contributed by atoms with van der Waals surface area (Å²) in [5.74, 6) is -1.69. The third-order valence-electron chi connectivity index (χ3n) is 2.97. The van der Waals surface area contributed by atoms with Crippen LogP contribution in [-0.2, 0) is 14.8 Å². The van der Waals surface area contributed by atoms with Crippen molar-refractivity contribution in [2.45, 2.75) is 25.2 Å². The lowest BCUT2D eigenvalue weighted by Crippen LogP contribution is -2.36. The summed E-state index contributed by atoms with van der Waals surface area (Å²) in [6, 6.07) is 2.76. The third-order valence-corrected chi connectivity index (χ3v) is 4.46. The molecule has 3 N–H and O–H groups in total. The largest absolute Gasteiger partial charge is 0.480 e. The number of aliphatic carboxylic acids is 1. The van der Waals surface area contributed by atoms with Gasteiger partial charge in [0.15, 0.2) is 0 Å². The Hall–Kier alpha value is -1.45. The summed E-state index contributed by atoms with van der Waals surface area (Å²) in [5, 5.41) is 14.0. The summed E-state index contributed by atoms with van der Waals surface area (Å²) in [6.45, 7) is 3.07. The van der Waals surface area contributed by atoms with Gasteiger partial charge in [0.1, 0.15) is 6.54 Å². The number of carboxylic acid groups (broad SMARTS) is 1. The molecule has 0 radical (unpaired) electrons. The summed E-state index contributed by atoms with van der Waals surface area (Å²) in [5.41, 5.74) is 0.301. The van der Waals surface area contributed by atoms with Gasteiger partial charge >= 0.3 is 5.97 Å². The van der Waals surface area contributed by atoms with Crippen LogP contribution in [0.1, 0.15) is 29.3 Å². The second-order valence-electron chi connectivity index (χ2n) is 4.74. The predicted octanol–water partition coefficient (Wildman–Crippen LogP) is 1.34. The van der Waals surface area contributed by atoms with E-state index in [9.17, 15) is 18.0 Å². The molecule has 0 fully saturated rings. The molecule has 1 rings (SSSR count). The van der Waals surface area contributed by atoms with Crippen molar-refractivity contribution < 1.29 is 23.1 Å². The van der Waals surface area contributed by atoms with Crippen molar-refractivity contribution in [1.29, 1.82) is 0 Å². The van der Waals surface area contributed by atoms with Gasteiger partial charge in [-0.15, -0.1) is 0 Å². The molecule has 0 spiro atoms. The number of amides is 1. The summed E-state index contributed by atoms with van der Waals surface area (Å²) >= 11 is 3.14. The fraction of sp³-hybridized carbons (Fsp3) is 0.385. The van der Waals surface area contributed by atoms with Crippen molar-refractivity contribution in [2.24, 2.45) is 5.14 Å². The summed E-state index contributed by atoms with van der Waals surface area (Å²) in [4.78, 5) is 24.4. The van der Waals surface area contributed by atoms with E-state index in [1.165, 1.54) is 19.1 Å². The lowest BCUT2D eigenvalue weighted by Gasteiger charge is -2.21. The minimum Gasteiger partial charge on any atom is -0.480 e. The van der Waals surface area contributed by atoms with Crippen LogP contribution in [0.3, 0.4) is 0 Å². The van der Waals surface area contributed by atoms with Gasteiger partial charge in [0.2, 0.25) is 10.0 Å². The molecule has 0 aromatic heterocycles. The van der Waals surface area contributed by atoms with E-state index in [4.69, 9.17) is 10.2 Å². The van der Waals surface area contributed by atoms with Gasteiger partial charge in [0, 0.05) is 16.6 Å². The number of hydrogen-bond acceptors (Lipinski definition) is 4. The van der Waals surface area contributed by atoms with Crippen LogP contribution in [0.4, 0.5) is 0 Å². The Morgan fingerprint density at radius 2 is 1.95 bits per heavy atom. The van der Waals surface area contributed by atoms with Crippen molar-refractivity contribution in [3.8, 4) is 0 Å². The number of carbonyl (C=O) groups excluding carboxylic acids is 1. The van der Waals surface area contributed by atoms with Crippen LogP contribution in [0.2, 0.25) is 0 Å². The van der Waals surface area contributed by atoms with Crippen LogP contribution < -0.4 is 5.14 Å². The topological polar surface area (TPSA) is 118 Å². The van der Waals surface area contributed by atoms with E-state index in [1.54, 1.807) is 0 Å². The number of nitrogens with zero attached hydrogens (tertiary/aromatic N) is 1. The van der Waals surface area contributed by atoms with Crippen molar-refractivity contribution in [1.82, 2.24) is 4.90 Å². The number of benzene rings is 1. The molecule has 1 aromatic rings. The van der Waals surface area contributed by atoms with E-state index >= 15 is 0 Å². The highest BCUT2D eigenvalue weighted by Crippen LogP contribution is 2.25. The quantitative estimate of drug-likeness (QED) is 0.756. The van der Waals surface area contributed by atoms with E-state index in [2.05, 4.69) is 15.9 Å². The van der Waals surface area contributed by atoms with Gasteiger partial charge in [0.25, 0.3) is 5.91 Å². The van der Waals surface area contributed by atoms with Gasteiger partial charge in [-0.05, 0) is 31.0 Å². The number of primary sulfonamides is 1. The minimum atomic E-state index is -3.99. The third kappa shape index (κ3) is 4.52. The van der Waals surface area contributed by atoms with E-state index in [0.29, 0.717) is 10.9 Å². The molecule has 1 aromatic carbocycles. The van der Waals surface area contributed by atoms with E-state index in [0.717, 1.165) is 4.90 Å². The lowest BCUT2D eigenvalue weighted by atomic mass is 10.1. The van der Waals surface area contributed by atoms with E-state index < -0.39 is 28.4 Å². The lowest BCUT2D eigenvalue weighted by molar-refractivity contribution is -0.137. The Morgan fingerprint density at radius 3 is 2.41 bits per heavy atom. The molecule has 0 unspecified atom stereocenters. The zero-order valence-electron chi connectivity index (χ0n) is 12.2. The van der Waals surface area contributed by atoms with Gasteiger partial charge in [-0.2, -0.15) is 0 Å². The van der Waals surface area contributed by atoms with Crippen LogP contribution in [0.25, 0.3) is 0 Å². The van der Waals surface area contributed by atoms with Crippen LogP contribution in [0.15, 0.2) is 21.5 Å². The number of nitrogens with two attached hydrogens (primary N) is 1. The molecule has 7 nitrogen and oxygen atoms in total. The maximum atomic E-state index is 12.5. The van der Waals surface area contributed by atoms with Gasteiger partial charge < -0.3 is 10.0 Å². The summed E-state index contributed by atoms with van der Waals surface area (Å²) in [7, 11) is -3.99. The van der Waals surface area contributed by atoms with E-state index in [-0.39, 0.29) is 22.6 Å². The van der Waals surface area contributed by atoms with Gasteiger partial charge in [-0.1, -0.05) is 22.9 Å². The number of carboxylic acids is 1. The molecule has 0 atom stereocenters. The first-order valence-corrected chi connectivity index (χ1v) is 8.75. The van der Waals surface area contributed by atoms with Crippen LogP contribution in [-0.4, -0.2) is 43.4 Å². The second-order valence-corrected chi connectivity index (χ2v) is 7.19. The molecule has 0 aliphatic carbocycles. The Bertz CT molecular complexity index is 703. The van der Waals surface area contributed by atoms with Gasteiger partial charge in [-0.3, -0.25) is 9.59 Å². The normalized spacial score (nSPS) is 11.3. The fourth-order valence-electron chi connectivity index (χ4n) is 2.03. The number of hydrogen-bond donors (Lipinski definition) is 2. The molecule has 1 amide bonds. The first kappa shape index (κ1) is 18.6. The highest BCUT2D eigenvalue weighted by atomic mass is 79.9. The Morgan fingerprint density at radius 1 is 1.36 bits per heavy atom. The van der Waals surface area contributed by atoms with Crippen molar-refractivity contribution in [2.75, 3.05) is 13.1 Å². The molecule has 0 bridgehead atoms. The maximum absolute atomic E-state index is 12.5. The molecular weight excluding hydrogens is 376 g/mol. The first-order chi connectivity index (χ1) is 10.1. The van der Waals surface area contributed by atoms with Crippen molar-refractivity contribution >= 4 is 37.8 Å². The number of carbonyl (C=O) groups is 2. The van der Waals surface area contributed by atoms with Gasteiger partial charge in [-0.25, -0.2) is 13.6 Å². The Labute approximate surface area is 137 Å². The van der Waals surface area contributed by atoms with E-state index in [1.807, 2.05) is 6.92 Å². The van der Waals surface area contributed by atoms with Crippen LogP contribution in [0, 0.1) is 6.92 Å². The summed E-state index contributed by atoms with van der Waals surface area (Å²) in [6.07, 6.45) is 0.577. The Balaban J connectivity index is 3.38. The van der Waals surface area contributed by atoms with Gasteiger partial charge in [0.05, 0.1) is 4.90 Å². The van der Waals surface area contributed by atoms with Crippen LogP contribution in [0.5, 0.6) is 0 Å². The average Bonchev–Trinajstić information content (AvgIpc) is 2.38. The SMILES string of the molecule is CCCN(CC(=O)O)C(=O)c1cc(Br)cc(S(N)(=O)=O)c1C. The highest BCUT2D eigenvalue weighted by Gasteiger charge is 2.24. The minimum absolute atomic E-state index is 0.105. The molecular formula is C13H17BrN2O5S. The maximum Gasteiger partial charge on any atom is 0.323 e. The smallest absolute Gasteiger partial charge is 0.323 e. The molecule has 0 saturated heterocycles. The zero-order valence-corrected chi connectivity index (χ0v) is 14.6. The number of halogens is 1. The standard InChI is InChI=1S/C13H17BrN2O5S/c1-3-4-16(7-12(17)18)13(19)10-5-9(14)6-11(8(10)2)22(15,20)21/h5-6H,3-4,7H2,1-2H3,(H,17,18)(H2,15,20,21). The molecule has 0 saturated carbocycles. The molecule has 0 heterocycles. The molecule has 22 heavy (non-hydrogen) atoms. The highest BCUT2D eigenvalue weighted by molar-refractivity contribution is 9.10. The zero-order chi connectivity index (χ0) is 17.1. The van der Waals surface area contributed by atoms with Crippen LogP contribution >= 0.6 is 15.9 Å². The summed E-state index contributed by atoms with van der Waals surface area (Å²) < 4.78 is 23.6. The van der Waals surface area contributed by atoms with Crippen molar-refractivity contribution in [3.63, 3.8) is 0 Å². The number of rotatable bonds is 6. The molecule has 122 valence electrons. The molecule has 9 heteroatoms. The average molecular weight is 393 g/mol. The molecule has 0 aliphatic heterocycles. The van der Waals surface area contributed by atoms with Crippen molar-refractivity contribution in [3.05, 3.63) is 27.7 Å². The number of sulfonamides is 1. The second kappa shape index (κ2) is 7.21. The Kier molecular flexibility index (Phi) is 6.09. The first-order valence-electron chi connectivity index (χ1n) is 6.42. The monoisotopic (exact) mass is 392 g/mol. The fourth-order valence-corrected chi connectivity index (χ4v) is 3.46. The predicted molar refractivity (Wildman–Crippen MR) is 84.1 cm³/mol.